The van der Waals surface area contributed by atoms with Crippen LogP contribution >= 0.6 is 0 Å². The fourth-order valence-electron chi connectivity index (χ4n) is 3.97. The zero-order valence-electron chi connectivity index (χ0n) is 8.61. The molecule has 0 spiro atoms. The van der Waals surface area contributed by atoms with Crippen molar-refractivity contribution in [3.63, 3.8) is 0 Å². The van der Waals surface area contributed by atoms with E-state index < -0.39 is 5.91 Å². The molecule has 4 unspecified atom stereocenters. The number of hydrogen-bond acceptors (Lipinski definition) is 2. The summed E-state index contributed by atoms with van der Waals surface area (Å²) in [5.41, 5.74) is 4.99. The predicted octanol–water partition coefficient (Wildman–Crippen LogP) is -0.120. The number of fused-ring (bicyclic) bond motifs is 5. The van der Waals surface area contributed by atoms with Crippen LogP contribution in [-0.4, -0.2) is 18.4 Å². The van der Waals surface area contributed by atoms with Crippen molar-refractivity contribution in [1.82, 2.24) is 5.32 Å². The smallest absolute Gasteiger partial charge is 0.236 e. The normalized spacial score (nSPS) is 44.9. The average molecular weight is 208 g/mol. The van der Waals surface area contributed by atoms with E-state index in [1.54, 1.807) is 0 Å². The second-order valence-corrected chi connectivity index (χ2v) is 5.20. The lowest BCUT2D eigenvalue weighted by Gasteiger charge is -2.08. The van der Waals surface area contributed by atoms with E-state index in [-0.39, 0.29) is 18.4 Å². The zero-order chi connectivity index (χ0) is 10.6. The van der Waals surface area contributed by atoms with Crippen molar-refractivity contribution in [1.29, 1.82) is 0 Å². The summed E-state index contributed by atoms with van der Waals surface area (Å²) in [5, 5.41) is 2.63. The van der Waals surface area contributed by atoms with E-state index in [0.29, 0.717) is 11.8 Å². The fraction of sp³-hybridized carbons (Fsp3) is 0.818. The van der Waals surface area contributed by atoms with Gasteiger partial charge in [0.2, 0.25) is 11.8 Å². The minimum absolute atomic E-state index is 0.00981. The Bertz CT molecular complexity index is 313. The third-order valence-electron chi connectivity index (χ3n) is 4.47. The molecule has 3 rings (SSSR count). The van der Waals surface area contributed by atoms with Gasteiger partial charge in [0, 0.05) is 5.92 Å². The SMILES string of the molecule is NC(=O)CNC(=O)C1C2C3CCC(C3)C12. The van der Waals surface area contributed by atoms with E-state index in [0.717, 1.165) is 11.8 Å². The predicted molar refractivity (Wildman–Crippen MR) is 53.5 cm³/mol. The summed E-state index contributed by atoms with van der Waals surface area (Å²) in [4.78, 5) is 22.3. The lowest BCUT2D eigenvalue weighted by molar-refractivity contribution is -0.126. The summed E-state index contributed by atoms with van der Waals surface area (Å²) < 4.78 is 0. The van der Waals surface area contributed by atoms with Crippen molar-refractivity contribution in [3.8, 4) is 0 Å². The molecule has 0 aromatic heterocycles. The molecule has 15 heavy (non-hydrogen) atoms. The minimum Gasteiger partial charge on any atom is -0.368 e. The summed E-state index contributed by atoms with van der Waals surface area (Å²) in [6, 6.07) is 0. The van der Waals surface area contributed by atoms with E-state index >= 15 is 0 Å². The Morgan fingerprint density at radius 1 is 1.20 bits per heavy atom. The highest BCUT2D eigenvalue weighted by Crippen LogP contribution is 2.69. The first kappa shape index (κ1) is 9.19. The topological polar surface area (TPSA) is 72.2 Å². The highest BCUT2D eigenvalue weighted by Gasteiger charge is 2.67. The summed E-state index contributed by atoms with van der Waals surface area (Å²) in [6.45, 7) is -0.00981. The number of rotatable bonds is 3. The van der Waals surface area contributed by atoms with Crippen LogP contribution in [0.4, 0.5) is 0 Å². The van der Waals surface area contributed by atoms with Crippen LogP contribution in [0.2, 0.25) is 0 Å². The van der Waals surface area contributed by atoms with Gasteiger partial charge in [-0.25, -0.2) is 0 Å². The van der Waals surface area contributed by atoms with E-state index in [9.17, 15) is 9.59 Å². The third kappa shape index (κ3) is 1.27. The number of hydrogen-bond donors (Lipinski definition) is 2. The Morgan fingerprint density at radius 2 is 1.80 bits per heavy atom. The fourth-order valence-corrected chi connectivity index (χ4v) is 3.97. The molecule has 4 nitrogen and oxygen atoms in total. The van der Waals surface area contributed by atoms with Crippen LogP contribution in [0, 0.1) is 29.6 Å². The van der Waals surface area contributed by atoms with E-state index in [4.69, 9.17) is 5.73 Å². The average Bonchev–Trinajstić information content (AvgIpc) is 2.64. The first-order chi connectivity index (χ1) is 7.18. The van der Waals surface area contributed by atoms with Crippen LogP contribution in [0.3, 0.4) is 0 Å². The molecule has 3 fully saturated rings. The molecule has 2 bridgehead atoms. The number of carbonyl (C=O) groups excluding carboxylic acids is 2. The van der Waals surface area contributed by atoms with Crippen molar-refractivity contribution < 1.29 is 9.59 Å². The molecule has 4 heteroatoms. The molecular formula is C11H16N2O2. The highest BCUT2D eigenvalue weighted by molar-refractivity contribution is 5.87. The van der Waals surface area contributed by atoms with Crippen molar-refractivity contribution in [2.75, 3.05) is 6.54 Å². The number of amides is 2. The molecule has 0 radical (unpaired) electrons. The van der Waals surface area contributed by atoms with Crippen LogP contribution in [0.5, 0.6) is 0 Å². The van der Waals surface area contributed by atoms with Gasteiger partial charge in [-0.15, -0.1) is 0 Å². The van der Waals surface area contributed by atoms with Crippen molar-refractivity contribution >= 4 is 11.8 Å². The van der Waals surface area contributed by atoms with Crippen LogP contribution in [0.25, 0.3) is 0 Å². The first-order valence-electron chi connectivity index (χ1n) is 5.74. The Hall–Kier alpha value is -1.06. The van der Waals surface area contributed by atoms with E-state index in [1.807, 2.05) is 0 Å². The van der Waals surface area contributed by atoms with E-state index in [2.05, 4.69) is 5.32 Å². The van der Waals surface area contributed by atoms with Gasteiger partial charge in [0.05, 0.1) is 6.54 Å². The van der Waals surface area contributed by atoms with Crippen LogP contribution < -0.4 is 11.1 Å². The molecule has 0 heterocycles. The molecule has 3 aliphatic rings. The number of carbonyl (C=O) groups is 2. The molecule has 3 aliphatic carbocycles. The van der Waals surface area contributed by atoms with Crippen LogP contribution in [0.15, 0.2) is 0 Å². The first-order valence-corrected chi connectivity index (χ1v) is 5.74. The maximum absolute atomic E-state index is 11.7. The van der Waals surface area contributed by atoms with Gasteiger partial charge >= 0.3 is 0 Å². The number of primary amides is 1. The Labute approximate surface area is 88.6 Å². The Balaban J connectivity index is 1.58. The van der Waals surface area contributed by atoms with Gasteiger partial charge in [0.15, 0.2) is 0 Å². The quantitative estimate of drug-likeness (QED) is 0.678. The molecule has 0 saturated heterocycles. The maximum atomic E-state index is 11.7. The van der Waals surface area contributed by atoms with E-state index in [1.165, 1.54) is 19.3 Å². The number of nitrogens with one attached hydrogen (secondary N) is 1. The van der Waals surface area contributed by atoms with Gasteiger partial charge in [-0.05, 0) is 42.9 Å². The lowest BCUT2D eigenvalue weighted by atomic mass is 10.0. The molecule has 2 amide bonds. The summed E-state index contributed by atoms with van der Waals surface area (Å²) in [7, 11) is 0. The van der Waals surface area contributed by atoms with Crippen molar-refractivity contribution in [2.45, 2.75) is 19.3 Å². The maximum Gasteiger partial charge on any atom is 0.236 e. The van der Waals surface area contributed by atoms with Crippen LogP contribution in [-0.2, 0) is 9.59 Å². The largest absolute Gasteiger partial charge is 0.368 e. The molecule has 3 N–H and O–H groups in total. The van der Waals surface area contributed by atoms with Gasteiger partial charge < -0.3 is 11.1 Å². The summed E-state index contributed by atoms with van der Waals surface area (Å²) >= 11 is 0. The summed E-state index contributed by atoms with van der Waals surface area (Å²) in [6.07, 6.45) is 3.96. The van der Waals surface area contributed by atoms with Gasteiger partial charge in [-0.2, -0.15) is 0 Å². The second-order valence-electron chi connectivity index (χ2n) is 5.20. The molecule has 3 saturated carbocycles. The molecule has 0 aliphatic heterocycles. The monoisotopic (exact) mass is 208 g/mol. The third-order valence-corrected chi connectivity index (χ3v) is 4.47. The lowest BCUT2D eigenvalue weighted by Crippen LogP contribution is -2.35. The molecule has 0 aromatic rings. The number of nitrogens with two attached hydrogens (primary N) is 1. The molecular weight excluding hydrogens is 192 g/mol. The Kier molecular flexibility index (Phi) is 1.82. The molecule has 82 valence electrons. The molecule has 4 atom stereocenters. The van der Waals surface area contributed by atoms with Gasteiger partial charge in [-0.1, -0.05) is 0 Å². The van der Waals surface area contributed by atoms with Crippen molar-refractivity contribution in [3.05, 3.63) is 0 Å². The minimum atomic E-state index is -0.461. The van der Waals surface area contributed by atoms with Gasteiger partial charge in [0.1, 0.15) is 0 Å². The van der Waals surface area contributed by atoms with Crippen molar-refractivity contribution in [2.24, 2.45) is 35.3 Å². The second kappa shape index (κ2) is 2.97. The Morgan fingerprint density at radius 3 is 2.33 bits per heavy atom. The molecule has 0 aromatic carbocycles. The highest BCUT2D eigenvalue weighted by atomic mass is 16.2. The van der Waals surface area contributed by atoms with Gasteiger partial charge in [0.25, 0.3) is 0 Å². The van der Waals surface area contributed by atoms with Gasteiger partial charge in [-0.3, -0.25) is 9.59 Å². The summed E-state index contributed by atoms with van der Waals surface area (Å²) in [5.74, 6) is 2.66. The van der Waals surface area contributed by atoms with Crippen LogP contribution in [0.1, 0.15) is 19.3 Å². The zero-order valence-corrected chi connectivity index (χ0v) is 8.61. The standard InChI is InChI=1S/C11H16N2O2/c12-7(14)4-13-11(15)10-8-5-1-2-6(3-5)9(8)10/h5-6,8-10H,1-4H2,(H2,12,14)(H,13,15).